The van der Waals surface area contributed by atoms with E-state index in [-0.39, 0.29) is 6.17 Å². The Morgan fingerprint density at radius 2 is 2.18 bits per heavy atom. The zero-order valence-electron chi connectivity index (χ0n) is 6.62. The SMILES string of the molecule is CN1c2ccccc2CC1N. The fourth-order valence-corrected chi connectivity index (χ4v) is 1.57. The molecule has 2 N–H and O–H groups in total. The predicted octanol–water partition coefficient (Wildman–Crippen LogP) is 0.964. The molecule has 1 atom stereocenters. The van der Waals surface area contributed by atoms with Crippen LogP contribution in [0.5, 0.6) is 0 Å². The highest BCUT2D eigenvalue weighted by molar-refractivity contribution is 5.58. The van der Waals surface area contributed by atoms with Gasteiger partial charge < -0.3 is 10.6 Å². The Kier molecular flexibility index (Phi) is 1.36. The molecule has 0 saturated carbocycles. The molecule has 0 spiro atoms. The van der Waals surface area contributed by atoms with Gasteiger partial charge in [0.05, 0.1) is 6.17 Å². The van der Waals surface area contributed by atoms with Gasteiger partial charge in [-0.3, -0.25) is 0 Å². The van der Waals surface area contributed by atoms with Gasteiger partial charge in [0, 0.05) is 19.2 Å². The van der Waals surface area contributed by atoms with Crippen LogP contribution in [0.2, 0.25) is 0 Å². The summed E-state index contributed by atoms with van der Waals surface area (Å²) in [5, 5.41) is 0. The van der Waals surface area contributed by atoms with E-state index in [0.717, 1.165) is 6.42 Å². The molecule has 58 valence electrons. The summed E-state index contributed by atoms with van der Waals surface area (Å²) in [6.07, 6.45) is 1.15. The van der Waals surface area contributed by atoms with Crippen LogP contribution in [0.25, 0.3) is 0 Å². The van der Waals surface area contributed by atoms with Crippen molar-refractivity contribution in [3.63, 3.8) is 0 Å². The molecule has 0 aromatic heterocycles. The summed E-state index contributed by atoms with van der Waals surface area (Å²) in [4.78, 5) is 2.12. The summed E-state index contributed by atoms with van der Waals surface area (Å²) in [6, 6.07) is 8.36. The zero-order valence-corrected chi connectivity index (χ0v) is 6.62. The largest absolute Gasteiger partial charge is 0.359 e. The first-order valence-electron chi connectivity index (χ1n) is 3.85. The van der Waals surface area contributed by atoms with Crippen molar-refractivity contribution in [2.75, 3.05) is 11.9 Å². The second kappa shape index (κ2) is 2.24. The van der Waals surface area contributed by atoms with Crippen LogP contribution >= 0.6 is 0 Å². The standard InChI is InChI=1S/C9H12N2/c1-11-8-5-3-2-4-7(8)6-9(11)10/h2-5,9H,6,10H2,1H3. The number of hydrogen-bond donors (Lipinski definition) is 1. The van der Waals surface area contributed by atoms with Crippen molar-refractivity contribution in [3.8, 4) is 0 Å². The third-order valence-electron chi connectivity index (χ3n) is 2.30. The second-order valence-electron chi connectivity index (χ2n) is 3.01. The monoisotopic (exact) mass is 148 g/mol. The summed E-state index contributed by atoms with van der Waals surface area (Å²) >= 11 is 0. The van der Waals surface area contributed by atoms with Crippen LogP contribution in [-0.2, 0) is 6.42 Å². The Balaban J connectivity index is 2.47. The van der Waals surface area contributed by atoms with Gasteiger partial charge in [0.25, 0.3) is 0 Å². The summed E-state index contributed by atoms with van der Waals surface area (Å²) in [5.74, 6) is 0. The minimum absolute atomic E-state index is 0.174. The van der Waals surface area contributed by atoms with Crippen molar-refractivity contribution in [1.82, 2.24) is 0 Å². The molecule has 0 amide bonds. The Morgan fingerprint density at radius 3 is 2.91 bits per heavy atom. The fourth-order valence-electron chi connectivity index (χ4n) is 1.57. The molecule has 1 unspecified atom stereocenters. The molecular weight excluding hydrogens is 136 g/mol. The van der Waals surface area contributed by atoms with Crippen molar-refractivity contribution in [3.05, 3.63) is 29.8 Å². The van der Waals surface area contributed by atoms with Gasteiger partial charge >= 0.3 is 0 Å². The molecule has 2 heteroatoms. The van der Waals surface area contributed by atoms with E-state index in [1.807, 2.05) is 13.1 Å². The number of benzene rings is 1. The number of nitrogens with zero attached hydrogens (tertiary/aromatic N) is 1. The van der Waals surface area contributed by atoms with Gasteiger partial charge in [0.1, 0.15) is 0 Å². The van der Waals surface area contributed by atoms with Crippen LogP contribution in [0.15, 0.2) is 24.3 Å². The van der Waals surface area contributed by atoms with Gasteiger partial charge in [0.15, 0.2) is 0 Å². The smallest absolute Gasteiger partial charge is 0.0809 e. The Labute approximate surface area is 66.6 Å². The van der Waals surface area contributed by atoms with E-state index in [9.17, 15) is 0 Å². The quantitative estimate of drug-likeness (QED) is 0.594. The molecule has 0 radical (unpaired) electrons. The lowest BCUT2D eigenvalue weighted by Crippen LogP contribution is -2.35. The second-order valence-corrected chi connectivity index (χ2v) is 3.01. The van der Waals surface area contributed by atoms with Gasteiger partial charge in [0.2, 0.25) is 0 Å². The highest BCUT2D eigenvalue weighted by atomic mass is 15.2. The molecule has 0 fully saturated rings. The lowest BCUT2D eigenvalue weighted by Gasteiger charge is -2.17. The summed E-state index contributed by atoms with van der Waals surface area (Å²) in [6.45, 7) is 0. The molecule has 0 aliphatic carbocycles. The number of para-hydroxylation sites is 1. The number of anilines is 1. The first kappa shape index (κ1) is 6.68. The number of rotatable bonds is 0. The first-order valence-corrected chi connectivity index (χ1v) is 3.85. The Morgan fingerprint density at radius 1 is 1.45 bits per heavy atom. The first-order chi connectivity index (χ1) is 5.29. The van der Waals surface area contributed by atoms with E-state index in [2.05, 4.69) is 23.1 Å². The number of likely N-dealkylation sites (N-methyl/N-ethyl adjacent to an activating group) is 1. The predicted molar refractivity (Wildman–Crippen MR) is 46.5 cm³/mol. The Hall–Kier alpha value is -1.02. The fraction of sp³-hybridized carbons (Fsp3) is 0.333. The minimum atomic E-state index is 0.174. The van der Waals surface area contributed by atoms with Gasteiger partial charge in [-0.25, -0.2) is 0 Å². The number of nitrogens with two attached hydrogens (primary N) is 1. The molecule has 0 saturated heterocycles. The Bertz CT molecular complexity index is 270. The normalized spacial score (nSPS) is 22.0. The molecule has 1 aliphatic heterocycles. The number of fused-ring (bicyclic) bond motifs is 1. The molecular formula is C9H12N2. The zero-order chi connectivity index (χ0) is 7.84. The maximum atomic E-state index is 5.85. The molecule has 0 bridgehead atoms. The summed E-state index contributed by atoms with van der Waals surface area (Å²) in [5.41, 5.74) is 8.50. The lowest BCUT2D eigenvalue weighted by molar-refractivity contribution is 0.698. The van der Waals surface area contributed by atoms with E-state index in [1.165, 1.54) is 11.3 Å². The topological polar surface area (TPSA) is 29.3 Å². The van der Waals surface area contributed by atoms with Crippen LogP contribution in [-0.4, -0.2) is 13.2 Å². The van der Waals surface area contributed by atoms with E-state index in [1.54, 1.807) is 0 Å². The van der Waals surface area contributed by atoms with Crippen molar-refractivity contribution in [2.24, 2.45) is 5.73 Å². The highest BCUT2D eigenvalue weighted by Gasteiger charge is 2.21. The van der Waals surface area contributed by atoms with E-state index < -0.39 is 0 Å². The van der Waals surface area contributed by atoms with Gasteiger partial charge in [-0.1, -0.05) is 18.2 Å². The molecule has 1 aliphatic rings. The van der Waals surface area contributed by atoms with Crippen LogP contribution in [0, 0.1) is 0 Å². The van der Waals surface area contributed by atoms with Crippen LogP contribution in [0.3, 0.4) is 0 Å². The van der Waals surface area contributed by atoms with E-state index >= 15 is 0 Å². The lowest BCUT2D eigenvalue weighted by atomic mass is 10.2. The van der Waals surface area contributed by atoms with Crippen LogP contribution < -0.4 is 10.6 Å². The molecule has 2 rings (SSSR count). The maximum absolute atomic E-state index is 5.85. The third kappa shape index (κ3) is 0.906. The minimum Gasteiger partial charge on any atom is -0.359 e. The maximum Gasteiger partial charge on any atom is 0.0809 e. The van der Waals surface area contributed by atoms with Gasteiger partial charge in [-0.2, -0.15) is 0 Å². The van der Waals surface area contributed by atoms with Crippen molar-refractivity contribution >= 4 is 5.69 Å². The van der Waals surface area contributed by atoms with Crippen molar-refractivity contribution in [1.29, 1.82) is 0 Å². The highest BCUT2D eigenvalue weighted by Crippen LogP contribution is 2.27. The molecule has 11 heavy (non-hydrogen) atoms. The molecule has 2 nitrogen and oxygen atoms in total. The number of hydrogen-bond acceptors (Lipinski definition) is 2. The van der Waals surface area contributed by atoms with Gasteiger partial charge in [-0.15, -0.1) is 0 Å². The van der Waals surface area contributed by atoms with Crippen LogP contribution in [0.4, 0.5) is 5.69 Å². The molecule has 1 aromatic carbocycles. The van der Waals surface area contributed by atoms with E-state index in [4.69, 9.17) is 5.73 Å². The summed E-state index contributed by atoms with van der Waals surface area (Å²) < 4.78 is 0. The third-order valence-corrected chi connectivity index (χ3v) is 2.30. The van der Waals surface area contributed by atoms with Gasteiger partial charge in [-0.05, 0) is 11.6 Å². The average Bonchev–Trinajstić information content (AvgIpc) is 2.30. The van der Waals surface area contributed by atoms with Crippen molar-refractivity contribution < 1.29 is 0 Å². The average molecular weight is 148 g/mol. The van der Waals surface area contributed by atoms with Crippen molar-refractivity contribution in [2.45, 2.75) is 12.6 Å². The van der Waals surface area contributed by atoms with E-state index in [0.29, 0.717) is 0 Å². The van der Waals surface area contributed by atoms with Crippen LogP contribution in [0.1, 0.15) is 5.56 Å². The summed E-state index contributed by atoms with van der Waals surface area (Å²) in [7, 11) is 2.04. The molecule has 1 heterocycles. The molecule has 1 aromatic rings.